The molecule has 27 heavy (non-hydrogen) atoms. The second-order valence-corrected chi connectivity index (χ2v) is 8.18. The van der Waals surface area contributed by atoms with Crippen LogP contribution in [0.2, 0.25) is 0 Å². The number of hydrogen-bond donors (Lipinski definition) is 0. The van der Waals surface area contributed by atoms with Crippen LogP contribution in [0, 0.1) is 0 Å². The third-order valence-corrected chi connectivity index (χ3v) is 6.41. The fraction of sp³-hybridized carbons (Fsp3) is 0.111. The second kappa shape index (κ2) is 4.98. The lowest BCUT2D eigenvalue weighted by Gasteiger charge is -2.24. The van der Waals surface area contributed by atoms with E-state index in [1.807, 2.05) is 0 Å². The van der Waals surface area contributed by atoms with Crippen LogP contribution in [-0.2, 0) is 5.41 Å². The lowest BCUT2D eigenvalue weighted by Crippen LogP contribution is -2.15. The van der Waals surface area contributed by atoms with Crippen LogP contribution in [0.3, 0.4) is 0 Å². The van der Waals surface area contributed by atoms with Crippen molar-refractivity contribution < 1.29 is 0 Å². The van der Waals surface area contributed by atoms with E-state index in [1.54, 1.807) is 0 Å². The van der Waals surface area contributed by atoms with Gasteiger partial charge < -0.3 is 0 Å². The summed E-state index contributed by atoms with van der Waals surface area (Å²) in [4.78, 5) is 0. The van der Waals surface area contributed by atoms with Gasteiger partial charge in [-0.25, -0.2) is 0 Å². The Labute approximate surface area is 159 Å². The van der Waals surface area contributed by atoms with Crippen molar-refractivity contribution in [1.29, 1.82) is 0 Å². The van der Waals surface area contributed by atoms with Crippen LogP contribution in [0.5, 0.6) is 0 Å². The van der Waals surface area contributed by atoms with E-state index in [0.29, 0.717) is 0 Å². The Morgan fingerprint density at radius 1 is 0.481 bits per heavy atom. The molecule has 0 heterocycles. The second-order valence-electron chi connectivity index (χ2n) is 8.18. The van der Waals surface area contributed by atoms with E-state index in [1.165, 1.54) is 54.6 Å². The Morgan fingerprint density at radius 2 is 1.04 bits per heavy atom. The molecular formula is C27H20. The highest BCUT2D eigenvalue weighted by molar-refractivity contribution is 6.21. The van der Waals surface area contributed by atoms with Crippen molar-refractivity contribution in [3.63, 3.8) is 0 Å². The van der Waals surface area contributed by atoms with Crippen molar-refractivity contribution in [1.82, 2.24) is 0 Å². The third-order valence-electron chi connectivity index (χ3n) is 6.41. The maximum absolute atomic E-state index is 2.38. The molecule has 0 unspecified atom stereocenters. The molecule has 1 aliphatic carbocycles. The summed E-state index contributed by atoms with van der Waals surface area (Å²) in [5, 5.41) is 8.14. The quantitative estimate of drug-likeness (QED) is 0.256. The van der Waals surface area contributed by atoms with Gasteiger partial charge in [-0.3, -0.25) is 0 Å². The van der Waals surface area contributed by atoms with Gasteiger partial charge in [-0.05, 0) is 54.6 Å². The predicted octanol–water partition coefficient (Wildman–Crippen LogP) is 7.45. The Kier molecular flexibility index (Phi) is 2.77. The van der Waals surface area contributed by atoms with E-state index in [9.17, 15) is 0 Å². The molecule has 0 fully saturated rings. The van der Waals surface area contributed by atoms with Gasteiger partial charge in [0.05, 0.1) is 0 Å². The molecule has 0 heteroatoms. The molecule has 0 bridgehead atoms. The zero-order valence-electron chi connectivity index (χ0n) is 15.6. The SMILES string of the molecule is CC1(C)c2ccc3ccccc3c2-c2c1c1ccccc1c1ccccc21. The number of benzene rings is 5. The van der Waals surface area contributed by atoms with E-state index in [4.69, 9.17) is 0 Å². The van der Waals surface area contributed by atoms with Crippen molar-refractivity contribution in [2.75, 3.05) is 0 Å². The Morgan fingerprint density at radius 3 is 1.78 bits per heavy atom. The average molecular weight is 344 g/mol. The van der Waals surface area contributed by atoms with Crippen LogP contribution >= 0.6 is 0 Å². The van der Waals surface area contributed by atoms with E-state index < -0.39 is 0 Å². The van der Waals surface area contributed by atoms with Crippen LogP contribution < -0.4 is 0 Å². The lowest BCUT2D eigenvalue weighted by atomic mass is 9.79. The normalized spacial score (nSPS) is 14.6. The van der Waals surface area contributed by atoms with Gasteiger partial charge in [-0.2, -0.15) is 0 Å². The maximum atomic E-state index is 2.38. The monoisotopic (exact) mass is 344 g/mol. The molecule has 0 aromatic heterocycles. The highest BCUT2D eigenvalue weighted by atomic mass is 14.4. The van der Waals surface area contributed by atoms with Crippen LogP contribution in [0.4, 0.5) is 0 Å². The fourth-order valence-corrected chi connectivity index (χ4v) is 5.25. The highest BCUT2D eigenvalue weighted by Crippen LogP contribution is 2.56. The molecule has 0 radical (unpaired) electrons. The lowest BCUT2D eigenvalue weighted by molar-refractivity contribution is 0.667. The number of fused-ring (bicyclic) bond motifs is 10. The smallest absolute Gasteiger partial charge is 0.0165 e. The zero-order chi connectivity index (χ0) is 18.2. The van der Waals surface area contributed by atoms with E-state index >= 15 is 0 Å². The molecule has 0 saturated heterocycles. The molecule has 0 aliphatic heterocycles. The summed E-state index contributed by atoms with van der Waals surface area (Å²) < 4.78 is 0. The van der Waals surface area contributed by atoms with Crippen LogP contribution in [0.15, 0.2) is 84.9 Å². The van der Waals surface area contributed by atoms with Crippen LogP contribution in [0.1, 0.15) is 25.0 Å². The summed E-state index contributed by atoms with van der Waals surface area (Å²) in [5.74, 6) is 0. The van der Waals surface area contributed by atoms with Gasteiger partial charge in [0, 0.05) is 5.41 Å². The molecule has 0 atom stereocenters. The van der Waals surface area contributed by atoms with Gasteiger partial charge in [0.2, 0.25) is 0 Å². The first-order valence-electron chi connectivity index (χ1n) is 9.64. The molecule has 128 valence electrons. The molecule has 0 spiro atoms. The minimum atomic E-state index is -0.0155. The van der Waals surface area contributed by atoms with Crippen molar-refractivity contribution >= 4 is 32.3 Å². The van der Waals surface area contributed by atoms with Crippen molar-refractivity contribution in [3.05, 3.63) is 96.1 Å². The average Bonchev–Trinajstić information content (AvgIpc) is 2.96. The Balaban J connectivity index is 1.96. The van der Waals surface area contributed by atoms with E-state index in [-0.39, 0.29) is 5.41 Å². The van der Waals surface area contributed by atoms with Crippen molar-refractivity contribution in [2.24, 2.45) is 0 Å². The molecule has 0 nitrogen and oxygen atoms in total. The van der Waals surface area contributed by atoms with Crippen LogP contribution in [0.25, 0.3) is 43.4 Å². The molecule has 0 saturated carbocycles. The van der Waals surface area contributed by atoms with Gasteiger partial charge >= 0.3 is 0 Å². The first-order valence-corrected chi connectivity index (χ1v) is 9.64. The minimum absolute atomic E-state index is 0.0155. The maximum Gasteiger partial charge on any atom is 0.0165 e. The Hall–Kier alpha value is -3.12. The van der Waals surface area contributed by atoms with Gasteiger partial charge in [0.25, 0.3) is 0 Å². The fourth-order valence-electron chi connectivity index (χ4n) is 5.25. The number of rotatable bonds is 0. The van der Waals surface area contributed by atoms with Gasteiger partial charge in [-0.1, -0.05) is 98.8 Å². The minimum Gasteiger partial charge on any atom is -0.0616 e. The molecule has 5 aromatic carbocycles. The summed E-state index contributed by atoms with van der Waals surface area (Å²) in [6.45, 7) is 4.77. The van der Waals surface area contributed by atoms with Gasteiger partial charge in [0.1, 0.15) is 0 Å². The highest BCUT2D eigenvalue weighted by Gasteiger charge is 2.39. The van der Waals surface area contributed by atoms with Crippen molar-refractivity contribution in [3.8, 4) is 11.1 Å². The summed E-state index contributed by atoms with van der Waals surface area (Å²) in [6.07, 6.45) is 0. The molecule has 1 aliphatic rings. The summed E-state index contributed by atoms with van der Waals surface area (Å²) in [6, 6.07) is 31.2. The largest absolute Gasteiger partial charge is 0.0616 e. The van der Waals surface area contributed by atoms with E-state index in [0.717, 1.165) is 0 Å². The molecule has 0 amide bonds. The molecular weight excluding hydrogens is 324 g/mol. The molecule has 6 rings (SSSR count). The summed E-state index contributed by atoms with van der Waals surface area (Å²) in [5.41, 5.74) is 5.76. The number of hydrogen-bond acceptors (Lipinski definition) is 0. The van der Waals surface area contributed by atoms with E-state index in [2.05, 4.69) is 98.8 Å². The topological polar surface area (TPSA) is 0 Å². The summed E-state index contributed by atoms with van der Waals surface area (Å²) in [7, 11) is 0. The standard InChI is InChI=1S/C27H20/c1-27(2)23-16-15-17-9-3-4-10-18(17)24(23)25-21-13-7-5-11-19(21)20-12-6-8-14-22(20)26(25)27/h3-16H,1-2H3. The molecule has 0 N–H and O–H groups in total. The van der Waals surface area contributed by atoms with Gasteiger partial charge in [-0.15, -0.1) is 0 Å². The first-order chi connectivity index (χ1) is 13.2. The third kappa shape index (κ3) is 1.78. The Bertz CT molecular complexity index is 1390. The van der Waals surface area contributed by atoms with Crippen molar-refractivity contribution in [2.45, 2.75) is 19.3 Å². The van der Waals surface area contributed by atoms with Crippen LogP contribution in [-0.4, -0.2) is 0 Å². The zero-order valence-corrected chi connectivity index (χ0v) is 15.6. The summed E-state index contributed by atoms with van der Waals surface area (Å²) >= 11 is 0. The van der Waals surface area contributed by atoms with Gasteiger partial charge in [0.15, 0.2) is 0 Å². The first kappa shape index (κ1) is 15.0. The molecule has 5 aromatic rings. The predicted molar refractivity (Wildman–Crippen MR) is 117 cm³/mol.